The van der Waals surface area contributed by atoms with Crippen LogP contribution in [0.5, 0.6) is 5.88 Å². The van der Waals surface area contributed by atoms with Gasteiger partial charge in [0.1, 0.15) is 0 Å². The van der Waals surface area contributed by atoms with Gasteiger partial charge >= 0.3 is 0 Å². The van der Waals surface area contributed by atoms with Crippen LogP contribution < -0.4 is 9.64 Å². The highest BCUT2D eigenvalue weighted by Gasteiger charge is 2.23. The molecule has 2 aromatic rings. The van der Waals surface area contributed by atoms with Crippen LogP contribution in [-0.4, -0.2) is 23.5 Å². The molecule has 4 heteroatoms. The lowest BCUT2D eigenvalue weighted by molar-refractivity contribution is 0.0984. The number of aryl methyl sites for hydroxylation is 2. The zero-order valence-electron chi connectivity index (χ0n) is 13.9. The van der Waals surface area contributed by atoms with E-state index in [1.165, 1.54) is 11.1 Å². The number of ether oxygens (including phenoxy) is 1. The van der Waals surface area contributed by atoms with E-state index < -0.39 is 0 Å². The second-order valence-electron chi connectivity index (χ2n) is 6.24. The highest BCUT2D eigenvalue weighted by Crippen LogP contribution is 2.29. The van der Waals surface area contributed by atoms with E-state index in [-0.39, 0.29) is 12.0 Å². The van der Waals surface area contributed by atoms with E-state index in [0.717, 1.165) is 25.1 Å². The fraction of sp³-hybridized carbons (Fsp3) is 0.368. The van der Waals surface area contributed by atoms with Crippen LogP contribution >= 0.6 is 0 Å². The number of carbonyl (C=O) groups is 1. The zero-order valence-corrected chi connectivity index (χ0v) is 13.9. The summed E-state index contributed by atoms with van der Waals surface area (Å²) in [4.78, 5) is 18.9. The first-order valence-corrected chi connectivity index (χ1v) is 8.08. The summed E-state index contributed by atoms with van der Waals surface area (Å²) in [5, 5.41) is 0. The van der Waals surface area contributed by atoms with Crippen molar-refractivity contribution in [3.8, 4) is 5.88 Å². The van der Waals surface area contributed by atoms with Crippen LogP contribution in [0.15, 0.2) is 36.5 Å². The maximum Gasteiger partial charge on any atom is 0.259 e. The standard InChI is InChI=1S/C19H22N2O2/c1-13(2)23-18-9-7-16(12-20-18)19(22)21-10-4-5-15-11-14(3)6-8-17(15)21/h6-9,11-13H,4-5,10H2,1-3H3. The molecule has 0 spiro atoms. The summed E-state index contributed by atoms with van der Waals surface area (Å²) >= 11 is 0. The largest absolute Gasteiger partial charge is 0.475 e. The van der Waals surface area contributed by atoms with Crippen molar-refractivity contribution >= 4 is 11.6 Å². The van der Waals surface area contributed by atoms with Crippen LogP contribution in [0.2, 0.25) is 0 Å². The molecule has 1 amide bonds. The fourth-order valence-corrected chi connectivity index (χ4v) is 2.91. The van der Waals surface area contributed by atoms with E-state index in [0.29, 0.717) is 11.4 Å². The van der Waals surface area contributed by atoms with Crippen LogP contribution in [0.4, 0.5) is 5.69 Å². The molecule has 23 heavy (non-hydrogen) atoms. The molecule has 0 N–H and O–H groups in total. The Kier molecular flexibility index (Phi) is 4.33. The maximum absolute atomic E-state index is 12.8. The summed E-state index contributed by atoms with van der Waals surface area (Å²) < 4.78 is 5.53. The van der Waals surface area contributed by atoms with Gasteiger partial charge in [0.25, 0.3) is 5.91 Å². The van der Waals surface area contributed by atoms with Gasteiger partial charge in [0, 0.05) is 24.5 Å². The van der Waals surface area contributed by atoms with Crippen molar-refractivity contribution in [2.24, 2.45) is 0 Å². The second-order valence-corrected chi connectivity index (χ2v) is 6.24. The van der Waals surface area contributed by atoms with E-state index in [4.69, 9.17) is 4.74 Å². The topological polar surface area (TPSA) is 42.4 Å². The molecule has 0 radical (unpaired) electrons. The maximum atomic E-state index is 12.8. The molecule has 1 aromatic carbocycles. The molecule has 0 atom stereocenters. The molecule has 2 heterocycles. The summed E-state index contributed by atoms with van der Waals surface area (Å²) in [6.07, 6.45) is 3.69. The quantitative estimate of drug-likeness (QED) is 0.866. The molecule has 1 aliphatic rings. The molecule has 3 rings (SSSR count). The summed E-state index contributed by atoms with van der Waals surface area (Å²) in [6, 6.07) is 9.82. The molecule has 0 saturated heterocycles. The summed E-state index contributed by atoms with van der Waals surface area (Å²) in [7, 11) is 0. The third-order valence-electron chi connectivity index (χ3n) is 3.94. The minimum atomic E-state index is -0.00148. The first-order valence-electron chi connectivity index (χ1n) is 8.08. The van der Waals surface area contributed by atoms with Gasteiger partial charge in [0.15, 0.2) is 0 Å². The van der Waals surface area contributed by atoms with Gasteiger partial charge in [-0.1, -0.05) is 17.7 Å². The number of carbonyl (C=O) groups excluding carboxylic acids is 1. The van der Waals surface area contributed by atoms with E-state index >= 15 is 0 Å². The van der Waals surface area contributed by atoms with Gasteiger partial charge in [-0.25, -0.2) is 4.98 Å². The number of aromatic nitrogens is 1. The van der Waals surface area contributed by atoms with Crippen molar-refractivity contribution < 1.29 is 9.53 Å². The van der Waals surface area contributed by atoms with Crippen molar-refractivity contribution in [3.63, 3.8) is 0 Å². The van der Waals surface area contributed by atoms with Gasteiger partial charge in [-0.15, -0.1) is 0 Å². The lowest BCUT2D eigenvalue weighted by atomic mass is 9.99. The number of benzene rings is 1. The lowest BCUT2D eigenvalue weighted by Gasteiger charge is -2.29. The van der Waals surface area contributed by atoms with Gasteiger partial charge in [-0.3, -0.25) is 4.79 Å². The van der Waals surface area contributed by atoms with E-state index in [1.807, 2.05) is 24.8 Å². The normalized spacial score (nSPS) is 13.8. The lowest BCUT2D eigenvalue weighted by Crippen LogP contribution is -2.35. The second kappa shape index (κ2) is 6.41. The Balaban J connectivity index is 1.84. The molecule has 0 unspecified atom stereocenters. The van der Waals surface area contributed by atoms with Crippen LogP contribution in [0.3, 0.4) is 0 Å². The number of nitrogens with zero attached hydrogens (tertiary/aromatic N) is 2. The number of hydrogen-bond acceptors (Lipinski definition) is 3. The third kappa shape index (κ3) is 3.36. The average molecular weight is 310 g/mol. The molecular weight excluding hydrogens is 288 g/mol. The smallest absolute Gasteiger partial charge is 0.259 e. The van der Waals surface area contributed by atoms with Gasteiger partial charge in [-0.2, -0.15) is 0 Å². The van der Waals surface area contributed by atoms with Crippen LogP contribution in [0.1, 0.15) is 41.8 Å². The number of fused-ring (bicyclic) bond motifs is 1. The first kappa shape index (κ1) is 15.5. The Labute approximate surface area is 137 Å². The van der Waals surface area contributed by atoms with Crippen LogP contribution in [0, 0.1) is 6.92 Å². The van der Waals surface area contributed by atoms with Gasteiger partial charge in [-0.05, 0) is 51.3 Å². The number of anilines is 1. The first-order chi connectivity index (χ1) is 11.0. The number of rotatable bonds is 3. The summed E-state index contributed by atoms with van der Waals surface area (Å²) in [5.74, 6) is 0.546. The molecule has 1 aliphatic heterocycles. The van der Waals surface area contributed by atoms with Crippen LogP contribution in [0.25, 0.3) is 0 Å². The minimum absolute atomic E-state index is 0.00148. The average Bonchev–Trinajstić information content (AvgIpc) is 2.53. The van der Waals surface area contributed by atoms with E-state index in [1.54, 1.807) is 18.3 Å². The van der Waals surface area contributed by atoms with Gasteiger partial charge in [0.2, 0.25) is 5.88 Å². The highest BCUT2D eigenvalue weighted by atomic mass is 16.5. The highest BCUT2D eigenvalue weighted by molar-refractivity contribution is 6.06. The monoisotopic (exact) mass is 310 g/mol. The number of hydrogen-bond donors (Lipinski definition) is 0. The molecule has 0 aliphatic carbocycles. The van der Waals surface area contributed by atoms with Crippen molar-refractivity contribution in [1.29, 1.82) is 0 Å². The Morgan fingerprint density at radius 1 is 1.26 bits per heavy atom. The van der Waals surface area contributed by atoms with Crippen LogP contribution in [-0.2, 0) is 6.42 Å². The Bertz CT molecular complexity index is 708. The fourth-order valence-electron chi connectivity index (χ4n) is 2.91. The summed E-state index contributed by atoms with van der Waals surface area (Å²) in [6.45, 7) is 6.73. The Morgan fingerprint density at radius 3 is 2.78 bits per heavy atom. The zero-order chi connectivity index (χ0) is 16.4. The summed E-state index contributed by atoms with van der Waals surface area (Å²) in [5.41, 5.74) is 4.09. The van der Waals surface area contributed by atoms with Crippen molar-refractivity contribution in [2.75, 3.05) is 11.4 Å². The predicted molar refractivity (Wildman–Crippen MR) is 91.2 cm³/mol. The van der Waals surface area contributed by atoms with Crippen molar-refractivity contribution in [1.82, 2.24) is 4.98 Å². The number of amides is 1. The van der Waals surface area contributed by atoms with E-state index in [9.17, 15) is 4.79 Å². The number of pyridine rings is 1. The molecule has 120 valence electrons. The van der Waals surface area contributed by atoms with Crippen molar-refractivity contribution in [3.05, 3.63) is 53.2 Å². The van der Waals surface area contributed by atoms with Gasteiger partial charge in [0.05, 0.1) is 11.7 Å². The molecule has 0 saturated carbocycles. The van der Waals surface area contributed by atoms with E-state index in [2.05, 4.69) is 24.0 Å². The molecule has 0 fully saturated rings. The minimum Gasteiger partial charge on any atom is -0.475 e. The third-order valence-corrected chi connectivity index (χ3v) is 3.94. The molecule has 0 bridgehead atoms. The van der Waals surface area contributed by atoms with Gasteiger partial charge < -0.3 is 9.64 Å². The Morgan fingerprint density at radius 2 is 2.09 bits per heavy atom. The molecule has 4 nitrogen and oxygen atoms in total. The van der Waals surface area contributed by atoms with Crippen molar-refractivity contribution in [2.45, 2.75) is 39.7 Å². The Hall–Kier alpha value is -2.36. The molecular formula is C19H22N2O2. The molecule has 1 aromatic heterocycles. The SMILES string of the molecule is Cc1ccc2c(c1)CCCN2C(=O)c1ccc(OC(C)C)nc1. The predicted octanol–water partition coefficient (Wildman–Crippen LogP) is 3.77.